The third kappa shape index (κ3) is 2.93. The summed E-state index contributed by atoms with van der Waals surface area (Å²) < 4.78 is 24.1. The van der Waals surface area contributed by atoms with Crippen LogP contribution in [0.25, 0.3) is 0 Å². The largest absolute Gasteiger partial charge is 0.352 e. The Bertz CT molecular complexity index is 317. The molecule has 0 radical (unpaired) electrons. The van der Waals surface area contributed by atoms with Crippen molar-refractivity contribution >= 4 is 31.9 Å². The van der Waals surface area contributed by atoms with Gasteiger partial charge < -0.3 is 5.32 Å². The van der Waals surface area contributed by atoms with E-state index in [1.165, 1.54) is 11.2 Å². The van der Waals surface area contributed by atoms with Crippen molar-refractivity contribution in [3.05, 3.63) is 0 Å². The molecule has 1 unspecified atom stereocenters. The maximum absolute atomic E-state index is 11.4. The van der Waals surface area contributed by atoms with Gasteiger partial charge in [0.05, 0.1) is 0 Å². The van der Waals surface area contributed by atoms with Crippen molar-refractivity contribution in [3.8, 4) is 0 Å². The quantitative estimate of drug-likeness (QED) is 0.735. The summed E-state index contributed by atoms with van der Waals surface area (Å²) in [5.74, 6) is -0.118. The molecular weight excluding hydrogens is 272 g/mol. The van der Waals surface area contributed by atoms with Crippen LogP contribution in [0.4, 0.5) is 0 Å². The molecule has 0 bridgehead atoms. The Hall–Kier alpha value is -0.140. The predicted octanol–water partition coefficient (Wildman–Crippen LogP) is -0.121. The zero-order valence-electron chi connectivity index (χ0n) is 7.86. The van der Waals surface area contributed by atoms with Gasteiger partial charge in [-0.25, -0.2) is 8.42 Å². The second-order valence-electron chi connectivity index (χ2n) is 3.27. The van der Waals surface area contributed by atoms with E-state index in [2.05, 4.69) is 21.2 Å². The molecule has 1 atom stereocenters. The summed E-state index contributed by atoms with van der Waals surface area (Å²) in [6, 6.07) is -0.0404. The highest BCUT2D eigenvalue weighted by Gasteiger charge is 2.30. The molecule has 14 heavy (non-hydrogen) atoms. The van der Waals surface area contributed by atoms with Gasteiger partial charge >= 0.3 is 0 Å². The van der Waals surface area contributed by atoms with Crippen molar-refractivity contribution in [3.63, 3.8) is 0 Å². The summed E-state index contributed by atoms with van der Waals surface area (Å²) in [6.07, 6.45) is 0.686. The molecule has 0 aliphatic carbocycles. The molecule has 1 N–H and O–H groups in total. The van der Waals surface area contributed by atoms with Crippen molar-refractivity contribution in [2.45, 2.75) is 19.4 Å². The fourth-order valence-electron chi connectivity index (χ4n) is 1.46. The van der Waals surface area contributed by atoms with Crippen LogP contribution in [0, 0.1) is 0 Å². The molecule has 1 rings (SSSR count). The number of sulfonamides is 1. The molecule has 1 heterocycles. The van der Waals surface area contributed by atoms with Crippen LogP contribution < -0.4 is 5.32 Å². The van der Waals surface area contributed by atoms with Gasteiger partial charge in [0.2, 0.25) is 15.9 Å². The highest BCUT2D eigenvalue weighted by atomic mass is 79.9. The van der Waals surface area contributed by atoms with Crippen molar-refractivity contribution in [2.75, 3.05) is 17.8 Å². The van der Waals surface area contributed by atoms with E-state index < -0.39 is 10.0 Å². The summed E-state index contributed by atoms with van der Waals surface area (Å²) in [5.41, 5.74) is 0. The summed E-state index contributed by atoms with van der Waals surface area (Å²) in [7, 11) is -3.17. The summed E-state index contributed by atoms with van der Waals surface area (Å²) in [4.78, 5) is 10.7. The molecule has 5 nitrogen and oxygen atoms in total. The number of amides is 1. The number of carbonyl (C=O) groups excluding carboxylic acids is 1. The van der Waals surface area contributed by atoms with Gasteiger partial charge in [-0.3, -0.25) is 4.79 Å². The number of hydrogen-bond donors (Lipinski definition) is 1. The van der Waals surface area contributed by atoms with Gasteiger partial charge in [0, 0.05) is 26.1 Å². The highest BCUT2D eigenvalue weighted by molar-refractivity contribution is 9.10. The van der Waals surface area contributed by atoms with Crippen LogP contribution in [0.1, 0.15) is 13.3 Å². The fraction of sp³-hybridized carbons (Fsp3) is 0.857. The molecule has 7 heteroatoms. The lowest BCUT2D eigenvalue weighted by atomic mass is 10.3. The lowest BCUT2D eigenvalue weighted by molar-refractivity contribution is -0.119. The smallest absolute Gasteiger partial charge is 0.224 e. The van der Waals surface area contributed by atoms with E-state index in [1.807, 2.05) is 0 Å². The SMILES string of the molecule is CC(=O)NC1CCN(S(=O)(=O)CBr)C1. The van der Waals surface area contributed by atoms with Crippen LogP contribution in [-0.2, 0) is 14.8 Å². The standard InChI is InChI=1S/C7H13BrN2O3S/c1-6(11)9-7-2-3-10(4-7)14(12,13)5-8/h7H,2-5H2,1H3,(H,9,11). The molecule has 82 valence electrons. The average molecular weight is 285 g/mol. The van der Waals surface area contributed by atoms with Crippen LogP contribution in [-0.4, -0.2) is 42.4 Å². The van der Waals surface area contributed by atoms with E-state index in [-0.39, 0.29) is 16.6 Å². The minimum Gasteiger partial charge on any atom is -0.352 e. The molecule has 1 aliphatic heterocycles. The van der Waals surface area contributed by atoms with Gasteiger partial charge in [-0.2, -0.15) is 4.31 Å². The van der Waals surface area contributed by atoms with Crippen molar-refractivity contribution < 1.29 is 13.2 Å². The Labute approximate surface area is 92.0 Å². The first kappa shape index (κ1) is 11.9. The molecule has 1 saturated heterocycles. The normalized spacial score (nSPS) is 23.7. The summed E-state index contributed by atoms with van der Waals surface area (Å²) in [6.45, 7) is 2.30. The Balaban J connectivity index is 2.53. The molecule has 0 saturated carbocycles. The first-order valence-electron chi connectivity index (χ1n) is 4.26. The zero-order chi connectivity index (χ0) is 10.8. The Morgan fingerprint density at radius 2 is 2.29 bits per heavy atom. The summed E-state index contributed by atoms with van der Waals surface area (Å²) in [5, 5.41) is 2.71. The second-order valence-corrected chi connectivity index (χ2v) is 6.54. The number of nitrogens with zero attached hydrogens (tertiary/aromatic N) is 1. The summed E-state index contributed by atoms with van der Waals surface area (Å²) >= 11 is 2.93. The van der Waals surface area contributed by atoms with Crippen molar-refractivity contribution in [1.29, 1.82) is 0 Å². The van der Waals surface area contributed by atoms with Crippen LogP contribution in [0.3, 0.4) is 0 Å². The molecule has 1 fully saturated rings. The third-order valence-electron chi connectivity index (χ3n) is 2.09. The van der Waals surface area contributed by atoms with Gasteiger partial charge in [-0.1, -0.05) is 15.9 Å². The lowest BCUT2D eigenvalue weighted by Gasteiger charge is -2.14. The molecule has 0 aromatic carbocycles. The maximum atomic E-state index is 11.4. The maximum Gasteiger partial charge on any atom is 0.224 e. The average Bonchev–Trinajstić information content (AvgIpc) is 2.52. The van der Waals surface area contributed by atoms with Crippen LogP contribution in [0.15, 0.2) is 0 Å². The third-order valence-corrected chi connectivity index (χ3v) is 5.22. The van der Waals surface area contributed by atoms with Crippen LogP contribution in [0.2, 0.25) is 0 Å². The molecule has 1 aliphatic rings. The highest BCUT2D eigenvalue weighted by Crippen LogP contribution is 2.15. The second kappa shape index (κ2) is 4.59. The molecule has 1 amide bonds. The Morgan fingerprint density at radius 3 is 2.79 bits per heavy atom. The molecule has 0 aromatic heterocycles. The number of halogens is 1. The minimum atomic E-state index is -3.17. The number of carbonyl (C=O) groups is 1. The lowest BCUT2D eigenvalue weighted by Crippen LogP contribution is -2.37. The minimum absolute atomic E-state index is 0.0404. The van der Waals surface area contributed by atoms with E-state index in [0.717, 1.165) is 0 Å². The van der Waals surface area contributed by atoms with E-state index >= 15 is 0 Å². The predicted molar refractivity (Wildman–Crippen MR) is 56.5 cm³/mol. The Morgan fingerprint density at radius 1 is 1.64 bits per heavy atom. The van der Waals surface area contributed by atoms with E-state index in [4.69, 9.17) is 0 Å². The fourth-order valence-corrected chi connectivity index (χ4v) is 3.25. The number of nitrogens with one attached hydrogen (secondary N) is 1. The Kier molecular flexibility index (Phi) is 3.91. The van der Waals surface area contributed by atoms with E-state index in [1.54, 1.807) is 0 Å². The van der Waals surface area contributed by atoms with Gasteiger partial charge in [0.25, 0.3) is 0 Å². The van der Waals surface area contributed by atoms with E-state index in [9.17, 15) is 13.2 Å². The van der Waals surface area contributed by atoms with E-state index in [0.29, 0.717) is 19.5 Å². The molecule has 0 aromatic rings. The topological polar surface area (TPSA) is 66.5 Å². The zero-order valence-corrected chi connectivity index (χ0v) is 10.3. The number of alkyl halides is 1. The first-order valence-corrected chi connectivity index (χ1v) is 6.99. The van der Waals surface area contributed by atoms with Crippen LogP contribution in [0.5, 0.6) is 0 Å². The van der Waals surface area contributed by atoms with Crippen LogP contribution >= 0.6 is 15.9 Å². The van der Waals surface area contributed by atoms with Gasteiger partial charge in [0.1, 0.15) is 4.66 Å². The first-order chi connectivity index (χ1) is 6.45. The molecule has 0 spiro atoms. The van der Waals surface area contributed by atoms with Crippen molar-refractivity contribution in [2.24, 2.45) is 0 Å². The number of hydrogen-bond acceptors (Lipinski definition) is 3. The van der Waals surface area contributed by atoms with Gasteiger partial charge in [-0.15, -0.1) is 0 Å². The number of rotatable bonds is 3. The molecular formula is C7H13BrN2O3S. The monoisotopic (exact) mass is 284 g/mol. The van der Waals surface area contributed by atoms with Gasteiger partial charge in [0.15, 0.2) is 0 Å². The van der Waals surface area contributed by atoms with Crippen molar-refractivity contribution in [1.82, 2.24) is 9.62 Å². The van der Waals surface area contributed by atoms with Gasteiger partial charge in [-0.05, 0) is 6.42 Å².